The highest BCUT2D eigenvalue weighted by Crippen LogP contribution is 2.29. The number of benzene rings is 3. The van der Waals surface area contributed by atoms with E-state index in [4.69, 9.17) is 4.74 Å². The Kier molecular flexibility index (Phi) is 6.06. The number of carbonyl (C=O) groups is 4. The van der Waals surface area contributed by atoms with Crippen LogP contribution in [0.5, 0.6) is 0 Å². The Morgan fingerprint density at radius 2 is 1.47 bits per heavy atom. The third-order valence-electron chi connectivity index (χ3n) is 5.28. The molecule has 0 saturated carbocycles. The van der Waals surface area contributed by atoms with Gasteiger partial charge in [-0.2, -0.15) is 5.01 Å². The van der Waals surface area contributed by atoms with Crippen molar-refractivity contribution in [3.8, 4) is 0 Å². The van der Waals surface area contributed by atoms with Gasteiger partial charge in [-0.15, -0.1) is 0 Å². The summed E-state index contributed by atoms with van der Waals surface area (Å²) in [5.41, 5.74) is 3.06. The summed E-state index contributed by atoms with van der Waals surface area (Å²) >= 11 is 0. The van der Waals surface area contributed by atoms with Gasteiger partial charge >= 0.3 is 6.09 Å². The Bertz CT molecular complexity index is 1230. The highest BCUT2D eigenvalue weighted by Gasteiger charge is 2.36. The third-order valence-corrected chi connectivity index (χ3v) is 5.28. The van der Waals surface area contributed by atoms with Crippen LogP contribution in [0.4, 0.5) is 4.79 Å². The van der Waals surface area contributed by atoms with Crippen molar-refractivity contribution < 1.29 is 23.9 Å². The second kappa shape index (κ2) is 8.97. The molecule has 3 aromatic rings. The van der Waals surface area contributed by atoms with E-state index in [1.165, 1.54) is 0 Å². The fourth-order valence-corrected chi connectivity index (χ4v) is 3.83. The molecule has 0 radical (unpaired) electrons. The normalized spacial score (nSPS) is 14.0. The van der Waals surface area contributed by atoms with Gasteiger partial charge in [-0.1, -0.05) is 54.6 Å². The third kappa shape index (κ3) is 4.76. The molecule has 4 amide bonds. The first-order valence-electron chi connectivity index (χ1n) is 10.9. The minimum absolute atomic E-state index is 0.133. The number of hydrazine groups is 1. The molecule has 1 heterocycles. The van der Waals surface area contributed by atoms with Crippen LogP contribution in [0.15, 0.2) is 66.7 Å². The Balaban J connectivity index is 1.60. The molecule has 2 N–H and O–H groups in total. The molecule has 3 aromatic carbocycles. The van der Waals surface area contributed by atoms with Crippen molar-refractivity contribution in [3.63, 3.8) is 0 Å². The van der Waals surface area contributed by atoms with Crippen molar-refractivity contribution in [2.45, 2.75) is 38.8 Å². The van der Waals surface area contributed by atoms with Crippen LogP contribution < -0.4 is 10.7 Å². The first kappa shape index (κ1) is 23.0. The first-order valence-corrected chi connectivity index (χ1v) is 10.9. The maximum absolute atomic E-state index is 13.2. The summed E-state index contributed by atoms with van der Waals surface area (Å²) in [6.07, 6.45) is -0.649. The van der Waals surface area contributed by atoms with Gasteiger partial charge in [0.1, 0.15) is 11.6 Å². The van der Waals surface area contributed by atoms with Crippen LogP contribution in [0.1, 0.15) is 47.1 Å². The molecule has 34 heavy (non-hydrogen) atoms. The maximum atomic E-state index is 13.2. The van der Waals surface area contributed by atoms with Crippen LogP contribution in [-0.2, 0) is 16.0 Å². The quantitative estimate of drug-likeness (QED) is 0.567. The van der Waals surface area contributed by atoms with Gasteiger partial charge in [-0.3, -0.25) is 19.8 Å². The number of carbonyl (C=O) groups excluding carboxylic acids is 4. The zero-order chi connectivity index (χ0) is 24.5. The lowest BCUT2D eigenvalue weighted by Gasteiger charge is -2.29. The van der Waals surface area contributed by atoms with Gasteiger partial charge in [0.05, 0.1) is 11.1 Å². The minimum atomic E-state index is -1.09. The number of alkyl carbamates (subject to hydrolysis) is 1. The number of hydrogen-bond donors (Lipinski definition) is 2. The molecule has 1 aliphatic heterocycles. The maximum Gasteiger partial charge on any atom is 0.408 e. The second-order valence-electron chi connectivity index (χ2n) is 9.02. The number of rotatable bonds is 5. The fourth-order valence-electron chi connectivity index (χ4n) is 3.83. The van der Waals surface area contributed by atoms with Crippen LogP contribution in [0.3, 0.4) is 0 Å². The molecule has 1 atom stereocenters. The Morgan fingerprint density at radius 3 is 2.03 bits per heavy atom. The largest absolute Gasteiger partial charge is 0.444 e. The number of amides is 4. The standard InChI is InChI=1S/C26H25N3O5/c1-26(2,3)34-25(33)27-20(15-16-9-5-4-6-10-16)22(30)28-29-23(31)18-13-7-11-17-12-8-14-19(21(17)18)24(29)32/h4-14,20H,15H2,1-3H3,(H,27,33)(H,28,30)/t20-/m0/s1. The number of nitrogens with one attached hydrogen (secondary N) is 2. The molecule has 1 aliphatic rings. The van der Waals surface area contributed by atoms with E-state index < -0.39 is 35.5 Å². The predicted molar refractivity (Wildman–Crippen MR) is 126 cm³/mol. The van der Waals surface area contributed by atoms with Crippen molar-refractivity contribution >= 4 is 34.6 Å². The van der Waals surface area contributed by atoms with Crippen LogP contribution in [0, 0.1) is 0 Å². The molecule has 0 saturated heterocycles. The van der Waals surface area contributed by atoms with E-state index in [9.17, 15) is 19.2 Å². The van der Waals surface area contributed by atoms with Gasteiger partial charge in [0.2, 0.25) is 0 Å². The average Bonchev–Trinajstić information content (AvgIpc) is 2.79. The van der Waals surface area contributed by atoms with E-state index in [0.29, 0.717) is 21.5 Å². The molecule has 0 bridgehead atoms. The van der Waals surface area contributed by atoms with Crippen molar-refractivity contribution in [1.82, 2.24) is 15.8 Å². The van der Waals surface area contributed by atoms with Crippen LogP contribution >= 0.6 is 0 Å². The highest BCUT2D eigenvalue weighted by molar-refractivity contribution is 6.25. The summed E-state index contributed by atoms with van der Waals surface area (Å²) < 4.78 is 5.30. The molecule has 0 aromatic heterocycles. The summed E-state index contributed by atoms with van der Waals surface area (Å²) in [6.45, 7) is 5.13. The second-order valence-corrected chi connectivity index (χ2v) is 9.02. The van der Waals surface area contributed by atoms with E-state index >= 15 is 0 Å². The van der Waals surface area contributed by atoms with Gasteiger partial charge in [-0.25, -0.2) is 4.79 Å². The van der Waals surface area contributed by atoms with Crippen molar-refractivity contribution in [2.24, 2.45) is 0 Å². The lowest BCUT2D eigenvalue weighted by molar-refractivity contribution is -0.126. The molecule has 174 valence electrons. The molecule has 0 fully saturated rings. The number of hydrogen-bond acceptors (Lipinski definition) is 5. The van der Waals surface area contributed by atoms with E-state index in [0.717, 1.165) is 10.9 Å². The predicted octanol–water partition coefficient (Wildman–Crippen LogP) is 3.60. The van der Waals surface area contributed by atoms with Gasteiger partial charge in [-0.05, 0) is 43.9 Å². The van der Waals surface area contributed by atoms with Crippen LogP contribution in [0.2, 0.25) is 0 Å². The van der Waals surface area contributed by atoms with Crippen molar-refractivity contribution in [1.29, 1.82) is 0 Å². The lowest BCUT2D eigenvalue weighted by Crippen LogP contribution is -2.57. The number of nitrogens with zero attached hydrogens (tertiary/aromatic N) is 1. The topological polar surface area (TPSA) is 105 Å². The minimum Gasteiger partial charge on any atom is -0.444 e. The summed E-state index contributed by atoms with van der Waals surface area (Å²) in [7, 11) is 0. The molecule has 0 aliphatic carbocycles. The first-order chi connectivity index (χ1) is 16.1. The molecule has 8 heteroatoms. The van der Waals surface area contributed by atoms with E-state index in [1.807, 2.05) is 42.5 Å². The SMILES string of the molecule is CC(C)(C)OC(=O)N[C@@H](Cc1ccccc1)C(=O)NN1C(=O)c2cccc3cccc(c23)C1=O. The van der Waals surface area contributed by atoms with E-state index in [2.05, 4.69) is 10.7 Å². The average molecular weight is 460 g/mol. The number of imide groups is 1. The summed E-state index contributed by atoms with van der Waals surface area (Å²) in [4.78, 5) is 51.9. The summed E-state index contributed by atoms with van der Waals surface area (Å²) in [5, 5.41) is 4.57. The van der Waals surface area contributed by atoms with E-state index in [1.54, 1.807) is 45.0 Å². The monoisotopic (exact) mass is 459 g/mol. The molecular formula is C26H25N3O5. The van der Waals surface area contributed by atoms with Crippen LogP contribution in [-0.4, -0.2) is 40.5 Å². The zero-order valence-corrected chi connectivity index (χ0v) is 19.1. The van der Waals surface area contributed by atoms with E-state index in [-0.39, 0.29) is 6.42 Å². The highest BCUT2D eigenvalue weighted by atomic mass is 16.6. The lowest BCUT2D eigenvalue weighted by atomic mass is 9.95. The molecule has 4 rings (SSSR count). The number of ether oxygens (including phenoxy) is 1. The molecular weight excluding hydrogens is 434 g/mol. The summed E-state index contributed by atoms with van der Waals surface area (Å²) in [5.74, 6) is -2.00. The van der Waals surface area contributed by atoms with Gasteiger partial charge < -0.3 is 10.1 Å². The van der Waals surface area contributed by atoms with Gasteiger partial charge in [0.15, 0.2) is 0 Å². The van der Waals surface area contributed by atoms with Gasteiger partial charge in [0.25, 0.3) is 17.7 Å². The fraction of sp³-hybridized carbons (Fsp3) is 0.231. The van der Waals surface area contributed by atoms with Crippen molar-refractivity contribution in [3.05, 3.63) is 83.4 Å². The van der Waals surface area contributed by atoms with Crippen LogP contribution in [0.25, 0.3) is 10.8 Å². The summed E-state index contributed by atoms with van der Waals surface area (Å²) in [6, 6.07) is 18.3. The smallest absolute Gasteiger partial charge is 0.408 e. The molecule has 0 unspecified atom stereocenters. The van der Waals surface area contributed by atoms with Crippen molar-refractivity contribution in [2.75, 3.05) is 0 Å². The zero-order valence-electron chi connectivity index (χ0n) is 19.1. The Hall–Kier alpha value is -4.20. The molecule has 8 nitrogen and oxygen atoms in total. The Labute approximate surface area is 196 Å². The Morgan fingerprint density at radius 1 is 0.882 bits per heavy atom. The van der Waals surface area contributed by atoms with Gasteiger partial charge in [0, 0.05) is 11.8 Å². The molecule has 0 spiro atoms.